The molecule has 1 aliphatic carbocycles. The van der Waals surface area contributed by atoms with Gasteiger partial charge < -0.3 is 15.8 Å². The molecule has 1 heterocycles. The van der Waals surface area contributed by atoms with Crippen LogP contribution in [0.15, 0.2) is 0 Å². The zero-order valence-electron chi connectivity index (χ0n) is 14.5. The van der Waals surface area contributed by atoms with E-state index in [9.17, 15) is 9.59 Å². The molecule has 136 valence electrons. The Labute approximate surface area is 153 Å². The van der Waals surface area contributed by atoms with E-state index in [1.807, 2.05) is 20.8 Å². The van der Waals surface area contributed by atoms with Crippen LogP contribution in [-0.2, 0) is 14.9 Å². The van der Waals surface area contributed by atoms with Gasteiger partial charge in [0.2, 0.25) is 5.91 Å². The summed E-state index contributed by atoms with van der Waals surface area (Å²) in [5.41, 5.74) is 6.08. The van der Waals surface area contributed by atoms with Gasteiger partial charge in [0.05, 0.1) is 12.8 Å². The number of nitrogens with zero attached hydrogens (tertiary/aromatic N) is 1. The third-order valence-corrected chi connectivity index (χ3v) is 5.19. The highest BCUT2D eigenvalue weighted by atomic mass is 35.5. The van der Waals surface area contributed by atoms with Gasteiger partial charge in [0.15, 0.2) is 5.13 Å². The summed E-state index contributed by atoms with van der Waals surface area (Å²) in [6, 6.07) is 0. The Bertz CT molecular complexity index is 598. The van der Waals surface area contributed by atoms with E-state index in [-0.39, 0.29) is 35.6 Å². The van der Waals surface area contributed by atoms with Crippen molar-refractivity contribution in [1.29, 1.82) is 0 Å². The van der Waals surface area contributed by atoms with Crippen molar-refractivity contribution in [2.75, 3.05) is 19.0 Å². The molecule has 0 unspecified atom stereocenters. The molecule has 6 nitrogen and oxygen atoms in total. The second kappa shape index (κ2) is 8.27. The molecule has 1 aliphatic rings. The standard InChI is InChI=1S/C16H25N3O3S.ClH/c1-16(2,3)12-11(14(21)22-4)23-15(18-12)19-13(20)10-7-5-6-9(10)8-17;/h9-10H,5-8,17H2,1-4H3,(H,18,19,20);1H/t9-,10-;/m1./s1. The number of aromatic nitrogens is 1. The average Bonchev–Trinajstić information content (AvgIpc) is 3.11. The molecule has 1 fully saturated rings. The number of anilines is 1. The molecule has 1 aromatic rings. The van der Waals surface area contributed by atoms with Crippen LogP contribution in [0.1, 0.15) is 55.4 Å². The number of hydrogen-bond donors (Lipinski definition) is 2. The van der Waals surface area contributed by atoms with Crippen molar-refractivity contribution in [3.8, 4) is 0 Å². The van der Waals surface area contributed by atoms with Crippen molar-refractivity contribution in [3.05, 3.63) is 10.6 Å². The van der Waals surface area contributed by atoms with Crippen LogP contribution in [0.25, 0.3) is 0 Å². The van der Waals surface area contributed by atoms with Crippen LogP contribution in [0.3, 0.4) is 0 Å². The maximum atomic E-state index is 12.5. The predicted octanol–water partition coefficient (Wildman–Crippen LogP) is 2.96. The van der Waals surface area contributed by atoms with Crippen LogP contribution < -0.4 is 11.1 Å². The Morgan fingerprint density at radius 1 is 1.38 bits per heavy atom. The first kappa shape index (κ1) is 20.9. The fraction of sp³-hybridized carbons (Fsp3) is 0.688. The average molecular weight is 376 g/mol. The number of rotatable bonds is 4. The Kier molecular flexibility index (Phi) is 7.19. The number of methoxy groups -OCH3 is 1. The van der Waals surface area contributed by atoms with Crippen LogP contribution in [0, 0.1) is 11.8 Å². The van der Waals surface area contributed by atoms with Crippen LogP contribution >= 0.6 is 23.7 Å². The van der Waals surface area contributed by atoms with Crippen molar-refractivity contribution in [3.63, 3.8) is 0 Å². The van der Waals surface area contributed by atoms with Crippen LogP contribution in [0.5, 0.6) is 0 Å². The predicted molar refractivity (Wildman–Crippen MR) is 97.9 cm³/mol. The number of halogens is 1. The summed E-state index contributed by atoms with van der Waals surface area (Å²) in [6.07, 6.45) is 2.88. The maximum Gasteiger partial charge on any atom is 0.350 e. The molecule has 1 saturated carbocycles. The van der Waals surface area contributed by atoms with Gasteiger partial charge in [0.25, 0.3) is 0 Å². The van der Waals surface area contributed by atoms with E-state index in [1.165, 1.54) is 18.4 Å². The number of esters is 1. The molecule has 24 heavy (non-hydrogen) atoms. The normalized spacial score (nSPS) is 20.4. The highest BCUT2D eigenvalue weighted by Gasteiger charge is 2.33. The van der Waals surface area contributed by atoms with Gasteiger partial charge >= 0.3 is 5.97 Å². The van der Waals surface area contributed by atoms with Crippen molar-refractivity contribution in [1.82, 2.24) is 4.98 Å². The number of nitrogens with one attached hydrogen (secondary N) is 1. The Hall–Kier alpha value is -1.18. The molecule has 2 rings (SSSR count). The topological polar surface area (TPSA) is 94.3 Å². The molecule has 2 atom stereocenters. The summed E-state index contributed by atoms with van der Waals surface area (Å²) in [4.78, 5) is 29.3. The van der Waals surface area contributed by atoms with Gasteiger partial charge in [-0.15, -0.1) is 12.4 Å². The third-order valence-electron chi connectivity index (χ3n) is 4.24. The van der Waals surface area contributed by atoms with Crippen LogP contribution in [0.2, 0.25) is 0 Å². The number of ether oxygens (including phenoxy) is 1. The van der Waals surface area contributed by atoms with Crippen molar-refractivity contribution < 1.29 is 14.3 Å². The minimum Gasteiger partial charge on any atom is -0.465 e. The number of hydrogen-bond acceptors (Lipinski definition) is 6. The lowest BCUT2D eigenvalue weighted by molar-refractivity contribution is -0.120. The summed E-state index contributed by atoms with van der Waals surface area (Å²) in [5.74, 6) is -0.308. The molecule has 1 amide bonds. The van der Waals surface area contributed by atoms with Gasteiger partial charge in [-0.3, -0.25) is 4.79 Å². The smallest absolute Gasteiger partial charge is 0.350 e. The lowest BCUT2D eigenvalue weighted by Crippen LogP contribution is -2.29. The lowest BCUT2D eigenvalue weighted by Gasteiger charge is -2.17. The molecule has 0 bridgehead atoms. The molecular weight excluding hydrogens is 350 g/mol. The fourth-order valence-electron chi connectivity index (χ4n) is 2.98. The Morgan fingerprint density at radius 2 is 2.04 bits per heavy atom. The summed E-state index contributed by atoms with van der Waals surface area (Å²) in [5, 5.41) is 3.31. The van der Waals surface area contributed by atoms with Gasteiger partial charge in [-0.1, -0.05) is 38.5 Å². The van der Waals surface area contributed by atoms with E-state index < -0.39 is 5.97 Å². The fourth-order valence-corrected chi connectivity index (χ4v) is 4.07. The van der Waals surface area contributed by atoms with E-state index in [0.717, 1.165) is 19.3 Å². The molecule has 8 heteroatoms. The second-order valence-electron chi connectivity index (χ2n) is 6.96. The monoisotopic (exact) mass is 375 g/mol. The SMILES string of the molecule is COC(=O)c1sc(NC(=O)[C@@H]2CCC[C@@H]2CN)nc1C(C)(C)C.Cl. The largest absolute Gasteiger partial charge is 0.465 e. The molecule has 3 N–H and O–H groups in total. The van der Waals surface area contributed by atoms with Crippen LogP contribution in [-0.4, -0.2) is 30.5 Å². The van der Waals surface area contributed by atoms with E-state index in [2.05, 4.69) is 10.3 Å². The van der Waals surface area contributed by atoms with E-state index >= 15 is 0 Å². The number of carbonyl (C=O) groups excluding carboxylic acids is 2. The first-order valence-electron chi connectivity index (χ1n) is 7.88. The van der Waals surface area contributed by atoms with Crippen molar-refractivity contribution >= 4 is 40.8 Å². The second-order valence-corrected chi connectivity index (χ2v) is 7.96. The summed E-state index contributed by atoms with van der Waals surface area (Å²) < 4.78 is 4.83. The first-order chi connectivity index (χ1) is 10.8. The molecule has 0 spiro atoms. The Morgan fingerprint density at radius 3 is 2.58 bits per heavy atom. The van der Waals surface area contributed by atoms with Crippen molar-refractivity contribution in [2.45, 2.75) is 45.4 Å². The number of carbonyl (C=O) groups is 2. The maximum absolute atomic E-state index is 12.5. The van der Waals surface area contributed by atoms with Gasteiger partial charge in [0.1, 0.15) is 4.88 Å². The summed E-state index contributed by atoms with van der Waals surface area (Å²) in [7, 11) is 1.34. The minimum absolute atomic E-state index is 0. The summed E-state index contributed by atoms with van der Waals surface area (Å²) in [6.45, 7) is 6.45. The molecule has 0 aliphatic heterocycles. The molecule has 0 radical (unpaired) electrons. The van der Waals surface area contributed by atoms with Gasteiger partial charge in [-0.2, -0.15) is 0 Å². The van der Waals surface area contributed by atoms with Gasteiger partial charge in [-0.05, 0) is 25.3 Å². The summed E-state index contributed by atoms with van der Waals surface area (Å²) >= 11 is 1.17. The van der Waals surface area contributed by atoms with Crippen molar-refractivity contribution in [2.24, 2.45) is 17.6 Å². The first-order valence-corrected chi connectivity index (χ1v) is 8.70. The lowest BCUT2D eigenvalue weighted by atomic mass is 9.91. The third kappa shape index (κ3) is 4.46. The number of nitrogens with two attached hydrogens (primary N) is 1. The minimum atomic E-state index is -0.423. The quantitative estimate of drug-likeness (QED) is 0.789. The van der Waals surface area contributed by atoms with E-state index in [1.54, 1.807) is 0 Å². The zero-order valence-corrected chi connectivity index (χ0v) is 16.2. The van der Waals surface area contributed by atoms with Gasteiger partial charge in [-0.25, -0.2) is 9.78 Å². The highest BCUT2D eigenvalue weighted by molar-refractivity contribution is 7.17. The number of amides is 1. The van der Waals surface area contributed by atoms with Crippen LogP contribution in [0.4, 0.5) is 5.13 Å². The molecule has 1 aromatic heterocycles. The molecular formula is C16H26ClN3O3S. The molecule has 0 saturated heterocycles. The van der Waals surface area contributed by atoms with E-state index in [0.29, 0.717) is 22.2 Å². The zero-order chi connectivity index (χ0) is 17.2. The van der Waals surface area contributed by atoms with Gasteiger partial charge in [0, 0.05) is 11.3 Å². The Balaban J connectivity index is 0.00000288. The van der Waals surface area contributed by atoms with E-state index in [4.69, 9.17) is 10.5 Å². The number of thiazole rings is 1. The highest BCUT2D eigenvalue weighted by Crippen LogP contribution is 2.35. The molecule has 0 aromatic carbocycles.